The number of hydrogen-bond donors (Lipinski definition) is 2. The summed E-state index contributed by atoms with van der Waals surface area (Å²) in [5.41, 5.74) is 7.50. The number of ether oxygens (including phenoxy) is 8. The first-order valence-electron chi connectivity index (χ1n) is 23.3. The molecule has 0 aromatic heterocycles. The molecule has 384 valence electrons. The number of methoxy groups -OCH3 is 4. The molecule has 0 amide bonds. The number of anilines is 2. The van der Waals surface area contributed by atoms with E-state index in [-0.39, 0.29) is 69.7 Å². The third kappa shape index (κ3) is 15.5. The molecule has 0 heterocycles. The van der Waals surface area contributed by atoms with E-state index in [1.165, 1.54) is 22.3 Å². The van der Waals surface area contributed by atoms with Crippen LogP contribution in [0, 0.1) is 10.8 Å². The molecule has 4 aromatic rings. The molecule has 0 radical (unpaired) electrons. The van der Waals surface area contributed by atoms with Gasteiger partial charge in [0, 0.05) is 23.5 Å². The fourth-order valence-corrected chi connectivity index (χ4v) is 8.17. The minimum Gasteiger partial charge on any atom is -0.493 e. The standard InChI is InChI=1S/2C27H35NO6.CH4.H2S/c2*1-7-33-25(29)16-28-22-15-24(32-6)23(31-5)14-21(22)19-9-8-18-13-20(11-10-17(18)12-19)34-26(30)27(2,3)4;;/h2*10-11,13-15,19,28H,7-9,12,16H2,1-6H3;1H4;1H2/t2*19-;;/m10../s1. The van der Waals surface area contributed by atoms with Crippen molar-refractivity contribution in [3.8, 4) is 34.5 Å². The van der Waals surface area contributed by atoms with Crippen LogP contribution in [0.3, 0.4) is 0 Å². The predicted molar refractivity (Wildman–Crippen MR) is 279 cm³/mol. The van der Waals surface area contributed by atoms with Crippen LogP contribution in [-0.2, 0) is 54.3 Å². The third-order valence-corrected chi connectivity index (χ3v) is 11.9. The van der Waals surface area contributed by atoms with Crippen molar-refractivity contribution in [2.75, 3.05) is 65.4 Å². The molecule has 0 aliphatic heterocycles. The predicted octanol–water partition coefficient (Wildman–Crippen LogP) is 10.6. The van der Waals surface area contributed by atoms with Gasteiger partial charge in [-0.1, -0.05) is 19.6 Å². The lowest BCUT2D eigenvalue weighted by Crippen LogP contribution is -2.25. The van der Waals surface area contributed by atoms with Gasteiger partial charge in [-0.15, -0.1) is 0 Å². The molecule has 4 aromatic carbocycles. The molecular formula is C55H76N2O12S. The highest BCUT2D eigenvalue weighted by Crippen LogP contribution is 2.44. The van der Waals surface area contributed by atoms with Gasteiger partial charge in [-0.2, -0.15) is 13.5 Å². The van der Waals surface area contributed by atoms with Gasteiger partial charge in [0.05, 0.1) is 52.5 Å². The average molecular weight is 989 g/mol. The molecule has 0 unspecified atom stereocenters. The summed E-state index contributed by atoms with van der Waals surface area (Å²) in [5.74, 6) is 2.98. The molecule has 14 nitrogen and oxygen atoms in total. The Morgan fingerprint density at radius 1 is 0.529 bits per heavy atom. The van der Waals surface area contributed by atoms with E-state index in [0.29, 0.717) is 47.7 Å². The van der Waals surface area contributed by atoms with Crippen LogP contribution in [0.5, 0.6) is 34.5 Å². The first kappa shape index (κ1) is 58.2. The number of carbonyl (C=O) groups excluding carboxylic acids is 4. The first-order valence-corrected chi connectivity index (χ1v) is 23.3. The summed E-state index contributed by atoms with van der Waals surface area (Å²) in [5, 5.41) is 6.44. The van der Waals surface area contributed by atoms with Crippen LogP contribution in [0.4, 0.5) is 11.4 Å². The average Bonchev–Trinajstić information content (AvgIpc) is 3.31. The molecule has 2 N–H and O–H groups in total. The van der Waals surface area contributed by atoms with E-state index in [2.05, 4.69) is 10.6 Å². The quantitative estimate of drug-likeness (QED) is 0.0804. The number of hydrogen-bond acceptors (Lipinski definition) is 14. The van der Waals surface area contributed by atoms with Gasteiger partial charge in [0.2, 0.25) is 0 Å². The number of carbonyl (C=O) groups is 4. The number of benzene rings is 4. The zero-order valence-electron chi connectivity index (χ0n) is 42.4. The van der Waals surface area contributed by atoms with E-state index < -0.39 is 10.8 Å². The van der Waals surface area contributed by atoms with Gasteiger partial charge in [0.25, 0.3) is 0 Å². The minimum atomic E-state index is -0.554. The maximum Gasteiger partial charge on any atom is 0.325 e. The van der Waals surface area contributed by atoms with Crippen molar-refractivity contribution in [3.63, 3.8) is 0 Å². The number of aryl methyl sites for hydroxylation is 2. The van der Waals surface area contributed by atoms with Crippen molar-refractivity contribution in [2.24, 2.45) is 10.8 Å². The van der Waals surface area contributed by atoms with E-state index in [1.807, 2.05) is 102 Å². The molecule has 0 fully saturated rings. The number of nitrogens with one attached hydrogen (secondary N) is 2. The SMILES string of the molecule is C.CCOC(=O)CNc1cc(OC)c(OC)cc1[C@@H]1CCc2cc(OC(=O)C(C)(C)C)ccc2C1.CCOC(=O)CNc1cc(OC)c(OC)cc1[C@H]1CCc2cc(OC(=O)C(C)(C)C)ccc2C1.S. The Morgan fingerprint density at radius 2 is 0.871 bits per heavy atom. The van der Waals surface area contributed by atoms with Crippen molar-refractivity contribution in [3.05, 3.63) is 94.0 Å². The van der Waals surface area contributed by atoms with Crippen molar-refractivity contribution in [1.82, 2.24) is 0 Å². The van der Waals surface area contributed by atoms with Crippen LogP contribution in [0.15, 0.2) is 60.7 Å². The molecule has 0 saturated carbocycles. The third-order valence-electron chi connectivity index (χ3n) is 11.9. The van der Waals surface area contributed by atoms with Crippen molar-refractivity contribution < 1.29 is 57.1 Å². The normalized spacial score (nSPS) is 14.7. The van der Waals surface area contributed by atoms with Crippen molar-refractivity contribution >= 4 is 48.7 Å². The van der Waals surface area contributed by atoms with Gasteiger partial charge < -0.3 is 48.5 Å². The fraction of sp³-hybridized carbons (Fsp3) is 0.491. The van der Waals surface area contributed by atoms with Crippen LogP contribution in [0.2, 0.25) is 0 Å². The summed E-state index contributed by atoms with van der Waals surface area (Å²) in [7, 11) is 6.41. The smallest absolute Gasteiger partial charge is 0.325 e. The first-order chi connectivity index (χ1) is 32.3. The van der Waals surface area contributed by atoms with Crippen LogP contribution in [-0.4, -0.2) is 78.6 Å². The Labute approximate surface area is 422 Å². The molecule has 2 atom stereocenters. The van der Waals surface area contributed by atoms with Gasteiger partial charge in [0.1, 0.15) is 24.6 Å². The molecule has 0 bridgehead atoms. The zero-order chi connectivity index (χ0) is 49.8. The second-order valence-corrected chi connectivity index (χ2v) is 18.9. The lowest BCUT2D eigenvalue weighted by molar-refractivity contribution is -0.143. The Hall–Kier alpha value is -6.09. The molecule has 6 rings (SSSR count). The second kappa shape index (κ2) is 26.2. The van der Waals surface area contributed by atoms with Gasteiger partial charge in [0.15, 0.2) is 23.0 Å². The summed E-state index contributed by atoms with van der Waals surface area (Å²) in [6.45, 7) is 15.4. The second-order valence-electron chi connectivity index (χ2n) is 18.9. The summed E-state index contributed by atoms with van der Waals surface area (Å²) in [6.07, 6.45) is 5.18. The molecule has 2 aliphatic carbocycles. The summed E-state index contributed by atoms with van der Waals surface area (Å²) in [4.78, 5) is 48.4. The highest BCUT2D eigenvalue weighted by molar-refractivity contribution is 7.59. The number of esters is 4. The van der Waals surface area contributed by atoms with Gasteiger partial charge in [-0.05, 0) is 176 Å². The Kier molecular flexibility index (Phi) is 21.8. The minimum absolute atomic E-state index is 0. The van der Waals surface area contributed by atoms with E-state index >= 15 is 0 Å². The molecule has 0 saturated heterocycles. The molecule has 70 heavy (non-hydrogen) atoms. The van der Waals surface area contributed by atoms with E-state index in [0.717, 1.165) is 61.0 Å². The fourth-order valence-electron chi connectivity index (χ4n) is 8.17. The maximum atomic E-state index is 12.3. The molecular weight excluding hydrogens is 913 g/mol. The highest BCUT2D eigenvalue weighted by Gasteiger charge is 2.29. The van der Waals surface area contributed by atoms with Crippen LogP contribution in [0.25, 0.3) is 0 Å². The topological polar surface area (TPSA) is 166 Å². The molecule has 2 aliphatic rings. The highest BCUT2D eigenvalue weighted by atomic mass is 32.1. The Bertz CT molecular complexity index is 2260. The monoisotopic (exact) mass is 989 g/mol. The number of fused-ring (bicyclic) bond motifs is 2. The lowest BCUT2D eigenvalue weighted by Gasteiger charge is -2.28. The van der Waals surface area contributed by atoms with E-state index in [4.69, 9.17) is 37.9 Å². The summed E-state index contributed by atoms with van der Waals surface area (Å²) in [6, 6.07) is 19.5. The van der Waals surface area contributed by atoms with Gasteiger partial charge in [-0.3, -0.25) is 19.2 Å². The lowest BCUT2D eigenvalue weighted by atomic mass is 9.79. The van der Waals surface area contributed by atoms with Crippen LogP contribution >= 0.6 is 13.5 Å². The van der Waals surface area contributed by atoms with Gasteiger partial charge in [-0.25, -0.2) is 0 Å². The molecule has 0 spiro atoms. The number of rotatable bonds is 16. The van der Waals surface area contributed by atoms with Crippen LogP contribution < -0.4 is 39.1 Å². The van der Waals surface area contributed by atoms with Gasteiger partial charge >= 0.3 is 23.9 Å². The van der Waals surface area contributed by atoms with Crippen LogP contribution in [0.1, 0.15) is 121 Å². The zero-order valence-corrected chi connectivity index (χ0v) is 43.4. The van der Waals surface area contributed by atoms with E-state index in [9.17, 15) is 19.2 Å². The maximum absolute atomic E-state index is 12.3. The molecule has 15 heteroatoms. The van der Waals surface area contributed by atoms with Crippen molar-refractivity contribution in [1.29, 1.82) is 0 Å². The summed E-state index contributed by atoms with van der Waals surface area (Å²) >= 11 is 0. The summed E-state index contributed by atoms with van der Waals surface area (Å²) < 4.78 is 43.3. The largest absolute Gasteiger partial charge is 0.493 e. The Morgan fingerprint density at radius 3 is 1.19 bits per heavy atom. The Balaban J connectivity index is 0.000000360. The van der Waals surface area contributed by atoms with E-state index in [1.54, 1.807) is 42.3 Å². The van der Waals surface area contributed by atoms with Crippen molar-refractivity contribution in [2.45, 2.75) is 113 Å².